The third kappa shape index (κ3) is 4.49. The summed E-state index contributed by atoms with van der Waals surface area (Å²) in [6, 6.07) is 11.4. The van der Waals surface area contributed by atoms with Gasteiger partial charge in [0.25, 0.3) is 5.91 Å². The Bertz CT molecular complexity index is 777. The topological polar surface area (TPSA) is 93.8 Å². The lowest BCUT2D eigenvalue weighted by Gasteiger charge is -2.02. The SMILES string of the molecule is COc1ccc(C=NNC(=O)c2cccc(I)c2)cc1[N+](=O)[O-]. The standard InChI is InChI=1S/C15H12IN3O4/c1-23-14-6-5-10(7-13(14)19(21)22)9-17-18-15(20)11-3-2-4-12(16)8-11/h2-9H,1H3,(H,18,20). The zero-order valence-electron chi connectivity index (χ0n) is 12.0. The van der Waals surface area contributed by atoms with Crippen molar-refractivity contribution in [2.45, 2.75) is 0 Å². The molecule has 0 aliphatic carbocycles. The summed E-state index contributed by atoms with van der Waals surface area (Å²) in [5.74, 6) is -0.196. The smallest absolute Gasteiger partial charge is 0.311 e. The van der Waals surface area contributed by atoms with Crippen LogP contribution in [0, 0.1) is 13.7 Å². The maximum Gasteiger partial charge on any atom is 0.311 e. The second kappa shape index (κ2) is 7.68. The van der Waals surface area contributed by atoms with Gasteiger partial charge in [0.1, 0.15) is 0 Å². The Hall–Kier alpha value is -2.49. The number of carbonyl (C=O) groups is 1. The maximum atomic E-state index is 11.9. The van der Waals surface area contributed by atoms with Gasteiger partial charge in [0.05, 0.1) is 18.2 Å². The number of benzene rings is 2. The van der Waals surface area contributed by atoms with E-state index in [2.05, 4.69) is 33.1 Å². The molecule has 2 aromatic carbocycles. The van der Waals surface area contributed by atoms with Crippen LogP contribution in [0.1, 0.15) is 15.9 Å². The van der Waals surface area contributed by atoms with Crippen LogP contribution < -0.4 is 10.2 Å². The van der Waals surface area contributed by atoms with Crippen molar-refractivity contribution < 1.29 is 14.5 Å². The average molecular weight is 425 g/mol. The van der Waals surface area contributed by atoms with E-state index in [1.807, 2.05) is 6.07 Å². The Balaban J connectivity index is 2.10. The van der Waals surface area contributed by atoms with Gasteiger partial charge in [-0.05, 0) is 52.9 Å². The number of hydrogen-bond donors (Lipinski definition) is 1. The summed E-state index contributed by atoms with van der Waals surface area (Å²) in [5.41, 5.74) is 3.17. The third-order valence-electron chi connectivity index (χ3n) is 2.87. The molecule has 1 amide bonds. The van der Waals surface area contributed by atoms with Crippen LogP contribution in [0.5, 0.6) is 5.75 Å². The minimum absolute atomic E-state index is 0.162. The van der Waals surface area contributed by atoms with E-state index in [1.165, 1.54) is 25.5 Å². The quantitative estimate of drug-likeness (QED) is 0.345. The molecule has 8 heteroatoms. The molecule has 118 valence electrons. The number of nitrogens with zero attached hydrogens (tertiary/aromatic N) is 2. The molecule has 0 radical (unpaired) electrons. The molecule has 0 saturated carbocycles. The number of carbonyl (C=O) groups excluding carboxylic acids is 1. The molecule has 0 aliphatic heterocycles. The van der Waals surface area contributed by atoms with Gasteiger partial charge in [0.15, 0.2) is 5.75 Å². The average Bonchev–Trinajstić information content (AvgIpc) is 2.54. The Labute approximate surface area is 145 Å². The van der Waals surface area contributed by atoms with Gasteiger partial charge >= 0.3 is 5.69 Å². The lowest BCUT2D eigenvalue weighted by Crippen LogP contribution is -2.17. The fourth-order valence-corrected chi connectivity index (χ4v) is 2.33. The second-order valence-corrected chi connectivity index (χ2v) is 5.64. The zero-order chi connectivity index (χ0) is 16.8. The van der Waals surface area contributed by atoms with Gasteiger partial charge < -0.3 is 4.74 Å². The first-order chi connectivity index (χ1) is 11.0. The molecule has 0 spiro atoms. The van der Waals surface area contributed by atoms with Gasteiger partial charge in [-0.1, -0.05) is 6.07 Å². The summed E-state index contributed by atoms with van der Waals surface area (Å²) in [5, 5.41) is 14.8. The molecule has 0 saturated heterocycles. The minimum Gasteiger partial charge on any atom is -0.490 e. The van der Waals surface area contributed by atoms with Crippen LogP contribution in [0.25, 0.3) is 0 Å². The molecule has 2 aromatic rings. The summed E-state index contributed by atoms with van der Waals surface area (Å²) < 4.78 is 5.85. The number of hydrazone groups is 1. The molecule has 2 rings (SSSR count). The molecule has 0 fully saturated rings. The maximum absolute atomic E-state index is 11.9. The van der Waals surface area contributed by atoms with Crippen molar-refractivity contribution in [2.24, 2.45) is 5.10 Å². The molecule has 0 bridgehead atoms. The molecule has 0 heterocycles. The van der Waals surface area contributed by atoms with E-state index in [1.54, 1.807) is 24.3 Å². The van der Waals surface area contributed by atoms with E-state index in [-0.39, 0.29) is 17.3 Å². The van der Waals surface area contributed by atoms with Crippen LogP contribution >= 0.6 is 22.6 Å². The Kier molecular flexibility index (Phi) is 5.63. The van der Waals surface area contributed by atoms with E-state index in [0.29, 0.717) is 11.1 Å². The summed E-state index contributed by atoms with van der Waals surface area (Å²) in [6.07, 6.45) is 1.33. The van der Waals surface area contributed by atoms with Gasteiger partial charge in [-0.15, -0.1) is 0 Å². The van der Waals surface area contributed by atoms with Crippen molar-refractivity contribution in [1.29, 1.82) is 0 Å². The van der Waals surface area contributed by atoms with E-state index >= 15 is 0 Å². The molecule has 7 nitrogen and oxygen atoms in total. The summed E-state index contributed by atoms with van der Waals surface area (Å²) in [6.45, 7) is 0. The highest BCUT2D eigenvalue weighted by Crippen LogP contribution is 2.26. The van der Waals surface area contributed by atoms with E-state index < -0.39 is 4.92 Å². The number of hydrogen-bond acceptors (Lipinski definition) is 5. The number of nitro groups is 1. The van der Waals surface area contributed by atoms with Crippen LogP contribution in [-0.4, -0.2) is 24.2 Å². The lowest BCUT2D eigenvalue weighted by molar-refractivity contribution is -0.385. The Morgan fingerprint density at radius 2 is 2.13 bits per heavy atom. The first-order valence-corrected chi connectivity index (χ1v) is 7.50. The number of halogens is 1. The molecular weight excluding hydrogens is 413 g/mol. The predicted octanol–water partition coefficient (Wildman–Crippen LogP) is 2.97. The van der Waals surface area contributed by atoms with Gasteiger partial charge in [0, 0.05) is 20.8 Å². The number of methoxy groups -OCH3 is 1. The van der Waals surface area contributed by atoms with Crippen LogP contribution in [0.4, 0.5) is 5.69 Å². The van der Waals surface area contributed by atoms with Crippen molar-refractivity contribution in [3.8, 4) is 5.75 Å². The van der Waals surface area contributed by atoms with Crippen molar-refractivity contribution >= 4 is 40.4 Å². The van der Waals surface area contributed by atoms with Gasteiger partial charge in [0.2, 0.25) is 0 Å². The number of rotatable bonds is 5. The van der Waals surface area contributed by atoms with Crippen molar-refractivity contribution in [3.05, 3.63) is 67.3 Å². The van der Waals surface area contributed by atoms with Gasteiger partial charge in [-0.2, -0.15) is 5.10 Å². The lowest BCUT2D eigenvalue weighted by atomic mass is 10.2. The van der Waals surface area contributed by atoms with Crippen molar-refractivity contribution in [3.63, 3.8) is 0 Å². The Morgan fingerprint density at radius 3 is 2.78 bits per heavy atom. The van der Waals surface area contributed by atoms with Gasteiger partial charge in [-0.25, -0.2) is 5.43 Å². The summed E-state index contributed by atoms with van der Waals surface area (Å²) in [4.78, 5) is 22.3. The Morgan fingerprint density at radius 1 is 1.35 bits per heavy atom. The molecule has 0 atom stereocenters. The number of nitrogens with one attached hydrogen (secondary N) is 1. The highest BCUT2D eigenvalue weighted by atomic mass is 127. The predicted molar refractivity (Wildman–Crippen MR) is 93.9 cm³/mol. The van der Waals surface area contributed by atoms with E-state index in [9.17, 15) is 14.9 Å². The summed E-state index contributed by atoms with van der Waals surface area (Å²) in [7, 11) is 1.36. The number of nitro benzene ring substituents is 1. The van der Waals surface area contributed by atoms with Crippen LogP contribution in [0.2, 0.25) is 0 Å². The number of amides is 1. The second-order valence-electron chi connectivity index (χ2n) is 4.40. The largest absolute Gasteiger partial charge is 0.490 e. The first kappa shape index (κ1) is 16.9. The van der Waals surface area contributed by atoms with E-state index in [0.717, 1.165) is 3.57 Å². The number of ether oxygens (including phenoxy) is 1. The third-order valence-corrected chi connectivity index (χ3v) is 3.54. The van der Waals surface area contributed by atoms with Crippen molar-refractivity contribution in [1.82, 2.24) is 5.43 Å². The van der Waals surface area contributed by atoms with Gasteiger partial charge in [-0.3, -0.25) is 14.9 Å². The fraction of sp³-hybridized carbons (Fsp3) is 0.0667. The molecule has 0 aromatic heterocycles. The highest BCUT2D eigenvalue weighted by molar-refractivity contribution is 14.1. The van der Waals surface area contributed by atoms with Crippen LogP contribution in [0.3, 0.4) is 0 Å². The normalized spacial score (nSPS) is 10.5. The molecule has 1 N–H and O–H groups in total. The molecule has 0 unspecified atom stereocenters. The minimum atomic E-state index is -0.541. The van der Waals surface area contributed by atoms with Crippen LogP contribution in [0.15, 0.2) is 47.6 Å². The molecular formula is C15H12IN3O4. The molecule has 23 heavy (non-hydrogen) atoms. The first-order valence-electron chi connectivity index (χ1n) is 6.42. The summed E-state index contributed by atoms with van der Waals surface area (Å²) >= 11 is 2.11. The zero-order valence-corrected chi connectivity index (χ0v) is 14.2. The fourth-order valence-electron chi connectivity index (χ4n) is 1.79. The highest BCUT2D eigenvalue weighted by Gasteiger charge is 2.14. The monoisotopic (exact) mass is 425 g/mol. The van der Waals surface area contributed by atoms with Crippen LogP contribution in [-0.2, 0) is 0 Å². The van der Waals surface area contributed by atoms with E-state index in [4.69, 9.17) is 4.74 Å². The molecule has 0 aliphatic rings. The van der Waals surface area contributed by atoms with Crippen molar-refractivity contribution in [2.75, 3.05) is 7.11 Å².